The Hall–Kier alpha value is -1.34. The summed E-state index contributed by atoms with van der Waals surface area (Å²) in [5, 5.41) is 12.4. The van der Waals surface area contributed by atoms with Crippen molar-refractivity contribution < 1.29 is 14.6 Å². The van der Waals surface area contributed by atoms with Gasteiger partial charge in [-0.3, -0.25) is 5.43 Å². The fourth-order valence-electron chi connectivity index (χ4n) is 2.42. The van der Waals surface area contributed by atoms with Crippen LogP contribution in [-0.2, 0) is 0 Å². The Bertz CT molecular complexity index is 461. The van der Waals surface area contributed by atoms with Crippen molar-refractivity contribution in [2.75, 3.05) is 46.6 Å². The summed E-state index contributed by atoms with van der Waals surface area (Å²) >= 11 is 0. The molecule has 2 aliphatic rings. The van der Waals surface area contributed by atoms with Crippen molar-refractivity contribution in [3.8, 4) is 11.5 Å². The molecule has 1 aromatic rings. The molecule has 0 aromatic heterocycles. The number of hydrogen-bond donors (Lipinski definition) is 2. The second-order valence-corrected chi connectivity index (χ2v) is 5.28. The molecule has 110 valence electrons. The summed E-state index contributed by atoms with van der Waals surface area (Å²) in [6.07, 6.45) is -0.552. The van der Waals surface area contributed by atoms with Crippen molar-refractivity contribution in [3.63, 3.8) is 0 Å². The van der Waals surface area contributed by atoms with Gasteiger partial charge in [-0.25, -0.2) is 5.01 Å². The molecule has 1 fully saturated rings. The van der Waals surface area contributed by atoms with Gasteiger partial charge in [0.1, 0.15) is 0 Å². The molecule has 1 saturated heterocycles. The molecule has 0 bridgehead atoms. The van der Waals surface area contributed by atoms with Gasteiger partial charge in [0.15, 0.2) is 11.5 Å². The quantitative estimate of drug-likeness (QED) is 0.821. The normalized spacial score (nSPS) is 21.1. The Morgan fingerprint density at radius 3 is 2.75 bits per heavy atom. The van der Waals surface area contributed by atoms with Crippen LogP contribution in [0.4, 0.5) is 0 Å². The largest absolute Gasteiger partial charge is 0.454 e. The van der Waals surface area contributed by atoms with Gasteiger partial charge < -0.3 is 19.5 Å². The topological polar surface area (TPSA) is 57.2 Å². The summed E-state index contributed by atoms with van der Waals surface area (Å²) < 4.78 is 10.6. The highest BCUT2D eigenvalue weighted by Crippen LogP contribution is 2.34. The van der Waals surface area contributed by atoms with Crippen LogP contribution in [0.1, 0.15) is 11.7 Å². The summed E-state index contributed by atoms with van der Waals surface area (Å²) in [6, 6.07) is 5.57. The smallest absolute Gasteiger partial charge is 0.231 e. The molecular weight excluding hydrogens is 258 g/mol. The Morgan fingerprint density at radius 2 is 1.95 bits per heavy atom. The zero-order chi connectivity index (χ0) is 13.9. The number of aliphatic hydroxyl groups excluding tert-OH is 1. The summed E-state index contributed by atoms with van der Waals surface area (Å²) in [4.78, 5) is 2.30. The number of hydrogen-bond acceptors (Lipinski definition) is 6. The van der Waals surface area contributed by atoms with E-state index in [0.717, 1.165) is 37.5 Å². The zero-order valence-corrected chi connectivity index (χ0v) is 11.7. The monoisotopic (exact) mass is 279 g/mol. The lowest BCUT2D eigenvalue weighted by atomic mass is 10.1. The van der Waals surface area contributed by atoms with Crippen LogP contribution in [0.15, 0.2) is 18.2 Å². The van der Waals surface area contributed by atoms with Gasteiger partial charge >= 0.3 is 0 Å². The second kappa shape index (κ2) is 5.97. The molecule has 0 spiro atoms. The van der Waals surface area contributed by atoms with Gasteiger partial charge in [-0.15, -0.1) is 0 Å². The maximum Gasteiger partial charge on any atom is 0.231 e. The molecule has 2 heterocycles. The van der Waals surface area contributed by atoms with Crippen molar-refractivity contribution in [1.29, 1.82) is 0 Å². The average Bonchev–Trinajstić information content (AvgIpc) is 2.93. The van der Waals surface area contributed by atoms with Crippen LogP contribution in [0.25, 0.3) is 0 Å². The van der Waals surface area contributed by atoms with Crippen LogP contribution in [-0.4, -0.2) is 61.6 Å². The Balaban J connectivity index is 1.52. The summed E-state index contributed by atoms with van der Waals surface area (Å²) in [6.45, 7) is 4.81. The minimum Gasteiger partial charge on any atom is -0.454 e. The highest BCUT2D eigenvalue weighted by molar-refractivity contribution is 5.45. The van der Waals surface area contributed by atoms with Gasteiger partial charge in [0, 0.05) is 32.7 Å². The number of fused-ring (bicyclic) bond motifs is 1. The van der Waals surface area contributed by atoms with Gasteiger partial charge in [-0.2, -0.15) is 0 Å². The number of aliphatic hydroxyl groups is 1. The number of hydrazine groups is 1. The minimum atomic E-state index is -0.552. The van der Waals surface area contributed by atoms with E-state index >= 15 is 0 Å². The standard InChI is InChI=1S/C14H21N3O3/c1-16-4-6-17(7-5-16)15-9-12(18)11-2-3-13-14(8-11)20-10-19-13/h2-3,8,12,15,18H,4-7,9-10H2,1H3. The van der Waals surface area contributed by atoms with Crippen LogP contribution in [0.2, 0.25) is 0 Å². The molecule has 3 rings (SSSR count). The first-order valence-electron chi connectivity index (χ1n) is 6.97. The molecule has 0 radical (unpaired) electrons. The van der Waals surface area contributed by atoms with E-state index in [0.29, 0.717) is 12.3 Å². The Kier molecular flexibility index (Phi) is 4.07. The lowest BCUT2D eigenvalue weighted by Crippen LogP contribution is -2.51. The first-order valence-corrected chi connectivity index (χ1v) is 6.97. The number of rotatable bonds is 4. The molecule has 2 aliphatic heterocycles. The Morgan fingerprint density at radius 1 is 1.20 bits per heavy atom. The van der Waals surface area contributed by atoms with E-state index in [1.807, 2.05) is 18.2 Å². The number of nitrogens with one attached hydrogen (secondary N) is 1. The molecule has 20 heavy (non-hydrogen) atoms. The molecule has 0 saturated carbocycles. The van der Waals surface area contributed by atoms with Gasteiger partial charge in [0.05, 0.1) is 6.10 Å². The van der Waals surface area contributed by atoms with E-state index in [4.69, 9.17) is 9.47 Å². The van der Waals surface area contributed by atoms with Crippen LogP contribution >= 0.6 is 0 Å². The number of nitrogens with zero attached hydrogens (tertiary/aromatic N) is 2. The molecule has 1 aromatic carbocycles. The third-order valence-electron chi connectivity index (χ3n) is 3.79. The van der Waals surface area contributed by atoms with E-state index in [1.54, 1.807) is 0 Å². The molecule has 6 heteroatoms. The van der Waals surface area contributed by atoms with Crippen molar-refractivity contribution >= 4 is 0 Å². The maximum atomic E-state index is 10.2. The molecule has 1 unspecified atom stereocenters. The first-order chi connectivity index (χ1) is 9.72. The molecule has 0 aliphatic carbocycles. The average molecular weight is 279 g/mol. The maximum absolute atomic E-state index is 10.2. The first kappa shape index (κ1) is 13.6. The van der Waals surface area contributed by atoms with Crippen LogP contribution in [0.3, 0.4) is 0 Å². The zero-order valence-electron chi connectivity index (χ0n) is 11.7. The number of ether oxygens (including phenoxy) is 2. The van der Waals surface area contributed by atoms with Gasteiger partial charge in [0.2, 0.25) is 6.79 Å². The Labute approximate surface area is 118 Å². The third kappa shape index (κ3) is 3.04. The van der Waals surface area contributed by atoms with Crippen molar-refractivity contribution in [2.24, 2.45) is 0 Å². The number of likely N-dealkylation sites (N-methyl/N-ethyl adjacent to an activating group) is 1. The predicted molar refractivity (Wildman–Crippen MR) is 74.6 cm³/mol. The van der Waals surface area contributed by atoms with E-state index in [1.165, 1.54) is 0 Å². The lowest BCUT2D eigenvalue weighted by molar-refractivity contribution is 0.0743. The van der Waals surface area contributed by atoms with E-state index in [9.17, 15) is 5.11 Å². The summed E-state index contributed by atoms with van der Waals surface area (Å²) in [5.41, 5.74) is 4.14. The molecular formula is C14H21N3O3. The molecule has 2 N–H and O–H groups in total. The van der Waals surface area contributed by atoms with Crippen LogP contribution < -0.4 is 14.9 Å². The molecule has 1 atom stereocenters. The van der Waals surface area contributed by atoms with Crippen molar-refractivity contribution in [3.05, 3.63) is 23.8 Å². The lowest BCUT2D eigenvalue weighted by Gasteiger charge is -2.33. The van der Waals surface area contributed by atoms with Gasteiger partial charge in [-0.05, 0) is 24.7 Å². The third-order valence-corrected chi connectivity index (χ3v) is 3.79. The van der Waals surface area contributed by atoms with Gasteiger partial charge in [-0.1, -0.05) is 6.07 Å². The molecule has 0 amide bonds. The summed E-state index contributed by atoms with van der Waals surface area (Å²) in [7, 11) is 2.12. The highest BCUT2D eigenvalue weighted by atomic mass is 16.7. The van der Waals surface area contributed by atoms with E-state index in [2.05, 4.69) is 22.4 Å². The minimum absolute atomic E-state index is 0.258. The van der Waals surface area contributed by atoms with E-state index < -0.39 is 6.10 Å². The van der Waals surface area contributed by atoms with Crippen molar-refractivity contribution in [2.45, 2.75) is 6.10 Å². The predicted octanol–water partition coefficient (Wildman–Crippen LogP) is 0.201. The van der Waals surface area contributed by atoms with Crippen LogP contribution in [0.5, 0.6) is 11.5 Å². The summed E-state index contributed by atoms with van der Waals surface area (Å²) in [5.74, 6) is 1.45. The van der Waals surface area contributed by atoms with Gasteiger partial charge in [0.25, 0.3) is 0 Å². The van der Waals surface area contributed by atoms with Crippen molar-refractivity contribution in [1.82, 2.24) is 15.3 Å². The second-order valence-electron chi connectivity index (χ2n) is 5.28. The van der Waals surface area contributed by atoms with Crippen LogP contribution in [0, 0.1) is 0 Å². The molecule has 6 nitrogen and oxygen atoms in total. The van der Waals surface area contributed by atoms with E-state index in [-0.39, 0.29) is 6.79 Å². The number of benzene rings is 1. The fraction of sp³-hybridized carbons (Fsp3) is 0.571. The highest BCUT2D eigenvalue weighted by Gasteiger charge is 2.18. The fourth-order valence-corrected chi connectivity index (χ4v) is 2.42. The SMILES string of the molecule is CN1CCN(NCC(O)c2ccc3c(c2)OCO3)CC1. The number of piperazine rings is 1.